The van der Waals surface area contributed by atoms with Gasteiger partial charge in [0.2, 0.25) is 5.95 Å². The molecule has 0 amide bonds. The Morgan fingerprint density at radius 2 is 1.64 bits per heavy atom. The van der Waals surface area contributed by atoms with Gasteiger partial charge in [-0.2, -0.15) is 4.52 Å². The lowest BCUT2D eigenvalue weighted by atomic mass is 9.98. The molecule has 186 valence electrons. The van der Waals surface area contributed by atoms with Crippen molar-refractivity contribution in [1.82, 2.24) is 34.0 Å². The summed E-state index contributed by atoms with van der Waals surface area (Å²) in [5, 5.41) is 9.50. The molecule has 0 unspecified atom stereocenters. The minimum atomic E-state index is 0.626. The van der Waals surface area contributed by atoms with E-state index in [2.05, 4.69) is 59.8 Å². The number of nitrogens with zero attached hydrogens (tertiary/aromatic N) is 7. The topological polar surface area (TPSA) is 76.2 Å². The van der Waals surface area contributed by atoms with Crippen molar-refractivity contribution in [2.24, 2.45) is 0 Å². The molecular weight excluding hydrogens is 448 g/mol. The van der Waals surface area contributed by atoms with Crippen LogP contribution in [-0.4, -0.2) is 59.2 Å². The first kappa shape index (κ1) is 22.9. The van der Waals surface area contributed by atoms with Crippen LogP contribution in [0.2, 0.25) is 0 Å². The third-order valence-corrected chi connectivity index (χ3v) is 7.66. The highest BCUT2D eigenvalue weighted by atomic mass is 15.4. The molecule has 2 aromatic carbocycles. The Labute approximate surface area is 211 Å². The normalized spacial score (nSPS) is 19.0. The number of rotatable bonds is 7. The van der Waals surface area contributed by atoms with Gasteiger partial charge in [-0.3, -0.25) is 4.90 Å². The van der Waals surface area contributed by atoms with E-state index < -0.39 is 0 Å². The van der Waals surface area contributed by atoms with Crippen LogP contribution in [0.15, 0.2) is 48.5 Å². The minimum absolute atomic E-state index is 0.626. The summed E-state index contributed by atoms with van der Waals surface area (Å²) in [6.45, 7) is 9.34. The number of nitrogens with one attached hydrogen (secondary N) is 1. The van der Waals surface area contributed by atoms with Crippen molar-refractivity contribution in [3.63, 3.8) is 0 Å². The van der Waals surface area contributed by atoms with Gasteiger partial charge in [0.05, 0.1) is 16.6 Å². The molecule has 0 spiro atoms. The number of aryl methyl sites for hydroxylation is 3. The lowest BCUT2D eigenvalue weighted by Gasteiger charge is -2.39. The Balaban J connectivity index is 1.27. The van der Waals surface area contributed by atoms with Crippen molar-refractivity contribution in [3.05, 3.63) is 60.2 Å². The third-order valence-electron chi connectivity index (χ3n) is 7.66. The number of likely N-dealkylation sites (tertiary alicyclic amines) is 1. The van der Waals surface area contributed by atoms with Gasteiger partial charge < -0.3 is 9.88 Å². The third kappa shape index (κ3) is 4.19. The van der Waals surface area contributed by atoms with E-state index in [4.69, 9.17) is 20.1 Å². The molecule has 8 nitrogen and oxygen atoms in total. The maximum absolute atomic E-state index is 4.96. The first-order chi connectivity index (χ1) is 17.6. The number of hydrogen-bond donors (Lipinski definition) is 1. The van der Waals surface area contributed by atoms with E-state index in [1.165, 1.54) is 19.3 Å². The maximum Gasteiger partial charge on any atom is 0.226 e. The number of hydrogen-bond acceptors (Lipinski definition) is 6. The molecule has 3 aromatic heterocycles. The SMILES string of the molecule is Cc1nc2ccccc2n1CCc1nc2c3ccccc3nc(NCCN3[C@@H](C)CCC[C@@H]3C)n2n1. The molecule has 36 heavy (non-hydrogen) atoms. The fraction of sp³-hybridized carbons (Fsp3) is 0.429. The first-order valence-electron chi connectivity index (χ1n) is 13.1. The Morgan fingerprint density at radius 1 is 0.889 bits per heavy atom. The van der Waals surface area contributed by atoms with Crippen LogP contribution >= 0.6 is 0 Å². The fourth-order valence-corrected chi connectivity index (χ4v) is 5.72. The van der Waals surface area contributed by atoms with Gasteiger partial charge in [0, 0.05) is 43.5 Å². The van der Waals surface area contributed by atoms with Crippen molar-refractivity contribution in [2.45, 2.75) is 65.1 Å². The molecule has 5 aromatic rings. The molecular formula is C28H34N8. The summed E-state index contributed by atoms with van der Waals surface area (Å²) in [5.41, 5.74) is 3.96. The second-order valence-corrected chi connectivity index (χ2v) is 10.1. The molecule has 0 aliphatic carbocycles. The van der Waals surface area contributed by atoms with E-state index in [1.54, 1.807) is 0 Å². The van der Waals surface area contributed by atoms with Crippen molar-refractivity contribution < 1.29 is 0 Å². The summed E-state index contributed by atoms with van der Waals surface area (Å²) in [6, 6.07) is 17.7. The van der Waals surface area contributed by atoms with Gasteiger partial charge >= 0.3 is 0 Å². The molecule has 1 fully saturated rings. The van der Waals surface area contributed by atoms with Gasteiger partial charge in [0.1, 0.15) is 5.82 Å². The molecule has 4 heterocycles. The number of para-hydroxylation sites is 3. The average Bonchev–Trinajstić information content (AvgIpc) is 3.45. The van der Waals surface area contributed by atoms with Crippen LogP contribution in [0.4, 0.5) is 5.95 Å². The maximum atomic E-state index is 4.96. The molecule has 6 rings (SSSR count). The molecule has 1 saturated heterocycles. The Bertz CT molecular complexity index is 1510. The number of piperidine rings is 1. The minimum Gasteiger partial charge on any atom is -0.353 e. The smallest absolute Gasteiger partial charge is 0.226 e. The van der Waals surface area contributed by atoms with Crippen molar-refractivity contribution in [3.8, 4) is 0 Å². The summed E-state index contributed by atoms with van der Waals surface area (Å²) >= 11 is 0. The summed E-state index contributed by atoms with van der Waals surface area (Å²) in [4.78, 5) is 17.2. The van der Waals surface area contributed by atoms with E-state index in [9.17, 15) is 0 Å². The number of imidazole rings is 1. The first-order valence-corrected chi connectivity index (χ1v) is 13.1. The van der Waals surface area contributed by atoms with Crippen molar-refractivity contribution in [2.75, 3.05) is 18.4 Å². The summed E-state index contributed by atoms with van der Waals surface area (Å²) < 4.78 is 4.14. The van der Waals surface area contributed by atoms with E-state index >= 15 is 0 Å². The number of fused-ring (bicyclic) bond motifs is 4. The fourth-order valence-electron chi connectivity index (χ4n) is 5.72. The monoisotopic (exact) mass is 482 g/mol. The average molecular weight is 483 g/mol. The van der Waals surface area contributed by atoms with Crippen LogP contribution in [0.1, 0.15) is 44.8 Å². The van der Waals surface area contributed by atoms with Crippen LogP contribution in [0.25, 0.3) is 27.6 Å². The number of benzene rings is 2. The van der Waals surface area contributed by atoms with E-state index in [0.717, 1.165) is 71.2 Å². The highest BCUT2D eigenvalue weighted by Gasteiger charge is 2.24. The van der Waals surface area contributed by atoms with Gasteiger partial charge in [-0.05, 0) is 57.9 Å². The van der Waals surface area contributed by atoms with E-state index in [0.29, 0.717) is 12.1 Å². The number of aromatic nitrogens is 6. The predicted molar refractivity (Wildman–Crippen MR) is 144 cm³/mol. The largest absolute Gasteiger partial charge is 0.353 e. The van der Waals surface area contributed by atoms with Gasteiger partial charge in [0.15, 0.2) is 11.5 Å². The summed E-state index contributed by atoms with van der Waals surface area (Å²) in [7, 11) is 0. The molecule has 0 radical (unpaired) electrons. The second kappa shape index (κ2) is 9.50. The summed E-state index contributed by atoms with van der Waals surface area (Å²) in [5.74, 6) is 2.58. The van der Waals surface area contributed by atoms with Gasteiger partial charge in [-0.1, -0.05) is 30.7 Å². The summed E-state index contributed by atoms with van der Waals surface area (Å²) in [6.07, 6.45) is 4.61. The quantitative estimate of drug-likeness (QED) is 0.357. The Kier molecular flexibility index (Phi) is 6.05. The van der Waals surface area contributed by atoms with Gasteiger partial charge in [-0.15, -0.1) is 5.10 Å². The zero-order chi connectivity index (χ0) is 24.6. The van der Waals surface area contributed by atoms with Gasteiger partial charge in [-0.25, -0.2) is 15.0 Å². The Hall–Kier alpha value is -3.52. The molecule has 0 bridgehead atoms. The molecule has 0 saturated carbocycles. The van der Waals surface area contributed by atoms with Crippen LogP contribution < -0.4 is 5.32 Å². The van der Waals surface area contributed by atoms with Gasteiger partial charge in [0.25, 0.3) is 0 Å². The zero-order valence-corrected chi connectivity index (χ0v) is 21.4. The van der Waals surface area contributed by atoms with Crippen molar-refractivity contribution >= 4 is 33.5 Å². The lowest BCUT2D eigenvalue weighted by molar-refractivity contribution is 0.109. The van der Waals surface area contributed by atoms with Crippen LogP contribution in [-0.2, 0) is 13.0 Å². The molecule has 8 heteroatoms. The lowest BCUT2D eigenvalue weighted by Crippen LogP contribution is -2.45. The standard InChI is InChI=1S/C28H34N8/c1-19-9-8-10-20(2)34(19)18-16-29-28-31-23-12-5-4-11-22(23)27-32-26(33-36(27)28)15-17-35-21(3)30-24-13-6-7-14-25(24)35/h4-7,11-14,19-20H,8-10,15-18H2,1-3H3,(H,29,31)/t19-,20-/m0/s1. The molecule has 1 N–H and O–H groups in total. The molecule has 1 aliphatic rings. The highest BCUT2D eigenvalue weighted by Crippen LogP contribution is 2.23. The zero-order valence-electron chi connectivity index (χ0n) is 21.4. The molecule has 2 atom stereocenters. The van der Waals surface area contributed by atoms with Crippen LogP contribution in [0.5, 0.6) is 0 Å². The van der Waals surface area contributed by atoms with Crippen molar-refractivity contribution in [1.29, 1.82) is 0 Å². The van der Waals surface area contributed by atoms with E-state index in [1.807, 2.05) is 28.8 Å². The van der Waals surface area contributed by atoms with Crippen LogP contribution in [0, 0.1) is 6.92 Å². The van der Waals surface area contributed by atoms with E-state index in [-0.39, 0.29) is 0 Å². The second-order valence-electron chi connectivity index (χ2n) is 10.1. The molecule has 1 aliphatic heterocycles. The predicted octanol–water partition coefficient (Wildman–Crippen LogP) is 4.85. The Morgan fingerprint density at radius 3 is 2.47 bits per heavy atom. The highest BCUT2D eigenvalue weighted by molar-refractivity contribution is 5.92. The number of anilines is 1. The van der Waals surface area contributed by atoms with Crippen LogP contribution in [0.3, 0.4) is 0 Å².